The standard InChI is InChI=1S/C17H23ClN2O2/c1-19(2)17(22)14-9-11-20(12-10-14)16(21)8-5-13-3-6-15(18)7-4-13/h3-4,6-7,14H,5,8-12H2,1-2H3. The first-order valence-corrected chi connectivity index (χ1v) is 8.08. The van der Waals surface area contributed by atoms with Crippen LogP contribution in [0.25, 0.3) is 0 Å². The molecule has 0 N–H and O–H groups in total. The average molecular weight is 323 g/mol. The molecule has 1 saturated heterocycles. The molecular formula is C17H23ClN2O2. The lowest BCUT2D eigenvalue weighted by molar-refractivity contribution is -0.139. The predicted octanol–water partition coefficient (Wildman–Crippen LogP) is 2.60. The fourth-order valence-corrected chi connectivity index (χ4v) is 2.93. The minimum absolute atomic E-state index is 0.0651. The van der Waals surface area contributed by atoms with Gasteiger partial charge in [0.1, 0.15) is 0 Å². The zero-order chi connectivity index (χ0) is 16.1. The van der Waals surface area contributed by atoms with Crippen LogP contribution in [0.3, 0.4) is 0 Å². The van der Waals surface area contributed by atoms with Crippen molar-refractivity contribution < 1.29 is 9.59 Å². The van der Waals surface area contributed by atoms with Gasteiger partial charge in [0.2, 0.25) is 11.8 Å². The minimum atomic E-state index is 0.0651. The van der Waals surface area contributed by atoms with Gasteiger partial charge in [0.15, 0.2) is 0 Å². The van der Waals surface area contributed by atoms with Crippen LogP contribution in [0.5, 0.6) is 0 Å². The molecule has 1 aliphatic rings. The number of carbonyl (C=O) groups is 2. The first-order valence-electron chi connectivity index (χ1n) is 7.70. The molecule has 5 heteroatoms. The quantitative estimate of drug-likeness (QED) is 0.855. The Morgan fingerprint density at radius 3 is 2.32 bits per heavy atom. The fourth-order valence-electron chi connectivity index (χ4n) is 2.80. The number of hydrogen-bond acceptors (Lipinski definition) is 2. The van der Waals surface area contributed by atoms with Crippen molar-refractivity contribution in [2.24, 2.45) is 5.92 Å². The molecule has 120 valence electrons. The Morgan fingerprint density at radius 2 is 1.77 bits per heavy atom. The van der Waals surface area contributed by atoms with E-state index in [1.165, 1.54) is 0 Å². The van der Waals surface area contributed by atoms with E-state index >= 15 is 0 Å². The third-order valence-electron chi connectivity index (χ3n) is 4.18. The van der Waals surface area contributed by atoms with Gasteiger partial charge in [-0.2, -0.15) is 0 Å². The molecule has 0 radical (unpaired) electrons. The molecule has 1 aliphatic heterocycles. The molecule has 0 atom stereocenters. The van der Waals surface area contributed by atoms with Gasteiger partial charge in [-0.05, 0) is 37.0 Å². The third-order valence-corrected chi connectivity index (χ3v) is 4.43. The Labute approximate surface area is 137 Å². The molecule has 0 bridgehead atoms. The second kappa shape index (κ2) is 7.63. The fraction of sp³-hybridized carbons (Fsp3) is 0.529. The van der Waals surface area contributed by atoms with E-state index in [-0.39, 0.29) is 17.7 Å². The maximum Gasteiger partial charge on any atom is 0.225 e. The number of benzene rings is 1. The topological polar surface area (TPSA) is 40.6 Å². The van der Waals surface area contributed by atoms with E-state index < -0.39 is 0 Å². The highest BCUT2D eigenvalue weighted by atomic mass is 35.5. The SMILES string of the molecule is CN(C)C(=O)C1CCN(C(=O)CCc2ccc(Cl)cc2)CC1. The van der Waals surface area contributed by atoms with Crippen LogP contribution in [-0.4, -0.2) is 48.8 Å². The Kier molecular flexibility index (Phi) is 5.83. The Hall–Kier alpha value is -1.55. The van der Waals surface area contributed by atoms with Crippen LogP contribution in [-0.2, 0) is 16.0 Å². The summed E-state index contributed by atoms with van der Waals surface area (Å²) < 4.78 is 0. The maximum atomic E-state index is 12.3. The van der Waals surface area contributed by atoms with Gasteiger partial charge in [0.05, 0.1) is 0 Å². The third kappa shape index (κ3) is 4.47. The summed E-state index contributed by atoms with van der Waals surface area (Å²) in [4.78, 5) is 27.7. The number of aryl methyl sites for hydroxylation is 1. The van der Waals surface area contributed by atoms with Gasteiger partial charge in [0.25, 0.3) is 0 Å². The van der Waals surface area contributed by atoms with Crippen LogP contribution in [0.4, 0.5) is 0 Å². The molecule has 0 saturated carbocycles. The van der Waals surface area contributed by atoms with Crippen molar-refractivity contribution in [3.63, 3.8) is 0 Å². The van der Waals surface area contributed by atoms with Crippen LogP contribution in [0, 0.1) is 5.92 Å². The van der Waals surface area contributed by atoms with Gasteiger partial charge in [-0.3, -0.25) is 9.59 Å². The summed E-state index contributed by atoms with van der Waals surface area (Å²) in [5, 5.41) is 0.711. The van der Waals surface area contributed by atoms with Crippen LogP contribution in [0.2, 0.25) is 5.02 Å². The molecule has 1 aromatic rings. The zero-order valence-electron chi connectivity index (χ0n) is 13.2. The van der Waals surface area contributed by atoms with Gasteiger partial charge < -0.3 is 9.80 Å². The number of carbonyl (C=O) groups excluding carboxylic acids is 2. The van der Waals surface area contributed by atoms with Crippen molar-refractivity contribution in [3.05, 3.63) is 34.9 Å². The number of amides is 2. The first kappa shape index (κ1) is 16.8. The zero-order valence-corrected chi connectivity index (χ0v) is 14.0. The normalized spacial score (nSPS) is 15.7. The highest BCUT2D eigenvalue weighted by molar-refractivity contribution is 6.30. The van der Waals surface area contributed by atoms with E-state index in [2.05, 4.69) is 0 Å². The molecular weight excluding hydrogens is 300 g/mol. The second-order valence-electron chi connectivity index (χ2n) is 6.01. The highest BCUT2D eigenvalue weighted by Gasteiger charge is 2.27. The number of rotatable bonds is 4. The summed E-state index contributed by atoms with van der Waals surface area (Å²) in [6.45, 7) is 1.37. The molecule has 0 aliphatic carbocycles. The Balaban J connectivity index is 1.77. The molecule has 0 aromatic heterocycles. The number of halogens is 1. The number of piperidine rings is 1. The first-order chi connectivity index (χ1) is 10.5. The summed E-state index contributed by atoms with van der Waals surface area (Å²) >= 11 is 5.85. The van der Waals surface area contributed by atoms with Crippen molar-refractivity contribution in [2.75, 3.05) is 27.2 Å². The second-order valence-corrected chi connectivity index (χ2v) is 6.45. The number of nitrogens with zero attached hydrogens (tertiary/aromatic N) is 2. The summed E-state index contributed by atoms with van der Waals surface area (Å²) in [6, 6.07) is 7.61. The molecule has 0 spiro atoms. The van der Waals surface area contributed by atoms with Crippen LogP contribution < -0.4 is 0 Å². The summed E-state index contributed by atoms with van der Waals surface area (Å²) in [7, 11) is 3.57. The highest BCUT2D eigenvalue weighted by Crippen LogP contribution is 2.20. The molecule has 2 amide bonds. The van der Waals surface area contributed by atoms with E-state index in [4.69, 9.17) is 11.6 Å². The lowest BCUT2D eigenvalue weighted by Crippen LogP contribution is -2.42. The summed E-state index contributed by atoms with van der Waals surface area (Å²) in [5.74, 6) is 0.411. The molecule has 4 nitrogen and oxygen atoms in total. The van der Waals surface area contributed by atoms with Crippen molar-refractivity contribution >= 4 is 23.4 Å². The van der Waals surface area contributed by atoms with Gasteiger partial charge in [-0.1, -0.05) is 23.7 Å². The van der Waals surface area contributed by atoms with Crippen molar-refractivity contribution in [1.29, 1.82) is 0 Å². The molecule has 2 rings (SSSR count). The van der Waals surface area contributed by atoms with Crippen molar-refractivity contribution in [1.82, 2.24) is 9.80 Å². The van der Waals surface area contributed by atoms with E-state index in [9.17, 15) is 9.59 Å². The Bertz CT molecular complexity index is 520. The molecule has 0 unspecified atom stereocenters. The lowest BCUT2D eigenvalue weighted by Gasteiger charge is -2.32. The molecule has 1 fully saturated rings. The van der Waals surface area contributed by atoms with Crippen molar-refractivity contribution in [2.45, 2.75) is 25.7 Å². The summed E-state index contributed by atoms with van der Waals surface area (Å²) in [6.07, 6.45) is 2.77. The summed E-state index contributed by atoms with van der Waals surface area (Å²) in [5.41, 5.74) is 1.12. The average Bonchev–Trinajstić information content (AvgIpc) is 2.53. The monoisotopic (exact) mass is 322 g/mol. The Morgan fingerprint density at radius 1 is 1.18 bits per heavy atom. The van der Waals surface area contributed by atoms with Gasteiger partial charge >= 0.3 is 0 Å². The van der Waals surface area contributed by atoms with Gasteiger partial charge in [-0.25, -0.2) is 0 Å². The van der Waals surface area contributed by atoms with Crippen LogP contribution in [0.15, 0.2) is 24.3 Å². The van der Waals surface area contributed by atoms with Crippen molar-refractivity contribution in [3.8, 4) is 0 Å². The van der Waals surface area contributed by atoms with Crippen LogP contribution in [0.1, 0.15) is 24.8 Å². The lowest BCUT2D eigenvalue weighted by atomic mass is 9.95. The van der Waals surface area contributed by atoms with E-state index in [0.29, 0.717) is 24.5 Å². The van der Waals surface area contributed by atoms with E-state index in [1.807, 2.05) is 29.2 Å². The number of likely N-dealkylation sites (tertiary alicyclic amines) is 1. The van der Waals surface area contributed by atoms with E-state index in [0.717, 1.165) is 24.8 Å². The minimum Gasteiger partial charge on any atom is -0.349 e. The maximum absolute atomic E-state index is 12.3. The van der Waals surface area contributed by atoms with E-state index in [1.54, 1.807) is 19.0 Å². The van der Waals surface area contributed by atoms with Crippen LogP contribution >= 0.6 is 11.6 Å². The number of hydrogen-bond donors (Lipinski definition) is 0. The van der Waals surface area contributed by atoms with Gasteiger partial charge in [-0.15, -0.1) is 0 Å². The largest absolute Gasteiger partial charge is 0.349 e. The van der Waals surface area contributed by atoms with Gasteiger partial charge in [0, 0.05) is 44.5 Å². The smallest absolute Gasteiger partial charge is 0.225 e. The molecule has 1 aromatic carbocycles. The molecule has 22 heavy (non-hydrogen) atoms. The predicted molar refractivity (Wildman–Crippen MR) is 87.8 cm³/mol. The molecule has 1 heterocycles.